The minimum Gasteiger partial charge on any atom is -0.546 e. The van der Waals surface area contributed by atoms with Gasteiger partial charge in [-0.15, -0.1) is 0 Å². The number of phenolic OH excluding ortho intramolecular Hbond substituents is 2. The number of anilines is 2. The number of carbonyl (C=O) groups is 2. The molecule has 7 rings (SSSR count). The van der Waals surface area contributed by atoms with E-state index in [1.807, 2.05) is 36.4 Å². The number of hydrogen-bond donors (Lipinski definition) is 4. The van der Waals surface area contributed by atoms with Crippen molar-refractivity contribution in [1.29, 1.82) is 0 Å². The number of carboxylic acids is 2. The fraction of sp³-hybridized carbons (Fsp3) is 0.0645. The second-order valence-corrected chi connectivity index (χ2v) is 11.6. The standard InChI is InChI=1S/2C14H11NO3S.C3H3NO.Zn/c2*16-11-7-3-1-5-9(11)14(13(17)18)15-10-6-2-4-8-12(10)19-14;1-2-5-3-4-1;/h2*1-8,15-16H,(H,17,18);1-3H;/q;;;+2/p-2. The van der Waals surface area contributed by atoms with E-state index >= 15 is 0 Å². The number of para-hydroxylation sites is 4. The zero-order valence-electron chi connectivity index (χ0n) is 22.9. The number of fused-ring (bicyclic) bond motifs is 2. The van der Waals surface area contributed by atoms with Crippen molar-refractivity contribution in [1.82, 2.24) is 4.98 Å². The molecule has 13 heteroatoms. The Hall–Kier alpha value is -4.45. The number of nitrogens with one attached hydrogen (secondary N) is 2. The van der Waals surface area contributed by atoms with Crippen molar-refractivity contribution < 1.29 is 53.9 Å². The first-order chi connectivity index (χ1) is 20.8. The third-order valence-corrected chi connectivity index (χ3v) is 9.15. The summed E-state index contributed by atoms with van der Waals surface area (Å²) in [5.74, 6) is -2.70. The summed E-state index contributed by atoms with van der Waals surface area (Å²) in [6, 6.07) is 27.3. The molecule has 0 radical (unpaired) electrons. The van der Waals surface area contributed by atoms with Gasteiger partial charge in [0.2, 0.25) is 0 Å². The molecule has 2 atom stereocenters. The Morgan fingerprint density at radius 1 is 0.682 bits per heavy atom. The van der Waals surface area contributed by atoms with Crippen LogP contribution in [0.25, 0.3) is 0 Å². The van der Waals surface area contributed by atoms with Crippen LogP contribution in [0.2, 0.25) is 0 Å². The summed E-state index contributed by atoms with van der Waals surface area (Å²) in [6.45, 7) is 0. The fourth-order valence-electron chi connectivity index (χ4n) is 4.45. The smallest absolute Gasteiger partial charge is 0.546 e. The number of hydrogen-bond acceptors (Lipinski definition) is 12. The van der Waals surface area contributed by atoms with Gasteiger partial charge in [-0.25, -0.2) is 4.98 Å². The maximum absolute atomic E-state index is 11.6. The molecule has 0 saturated carbocycles. The quantitative estimate of drug-likeness (QED) is 0.204. The molecule has 2 unspecified atom stereocenters. The first kappa shape index (κ1) is 32.5. The molecule has 4 N–H and O–H groups in total. The van der Waals surface area contributed by atoms with Crippen molar-refractivity contribution in [2.24, 2.45) is 0 Å². The summed E-state index contributed by atoms with van der Waals surface area (Å²) in [6.07, 6.45) is 4.47. The van der Waals surface area contributed by atoms with Crippen LogP contribution in [0.15, 0.2) is 130 Å². The number of aromatic nitrogens is 1. The number of benzene rings is 4. The van der Waals surface area contributed by atoms with Crippen molar-refractivity contribution in [3.8, 4) is 11.5 Å². The predicted octanol–water partition coefficient (Wildman–Crippen LogP) is 3.70. The van der Waals surface area contributed by atoms with E-state index in [0.717, 1.165) is 44.7 Å². The van der Waals surface area contributed by atoms with Crippen LogP contribution in [-0.4, -0.2) is 27.1 Å². The average Bonchev–Trinajstić information content (AvgIpc) is 3.78. The molecular weight excluding hydrogens is 656 g/mol. The van der Waals surface area contributed by atoms with E-state index in [-0.39, 0.29) is 42.1 Å². The van der Waals surface area contributed by atoms with Gasteiger partial charge in [-0.05, 0) is 36.4 Å². The maximum Gasteiger partial charge on any atom is 2.00 e. The number of aliphatic carboxylic acids is 2. The Labute approximate surface area is 273 Å². The van der Waals surface area contributed by atoms with Crippen LogP contribution in [0.3, 0.4) is 0 Å². The number of phenols is 2. The first-order valence-corrected chi connectivity index (χ1v) is 14.3. The van der Waals surface area contributed by atoms with E-state index in [1.54, 1.807) is 54.7 Å². The minimum absolute atomic E-state index is 0. The second-order valence-electron chi connectivity index (χ2n) is 9.09. The molecule has 10 nitrogen and oxygen atoms in total. The van der Waals surface area contributed by atoms with Crippen molar-refractivity contribution in [3.05, 3.63) is 127 Å². The Morgan fingerprint density at radius 3 is 1.41 bits per heavy atom. The van der Waals surface area contributed by atoms with E-state index in [2.05, 4.69) is 20.0 Å². The number of nitrogens with zero attached hydrogens (tertiary/aromatic N) is 1. The maximum atomic E-state index is 11.6. The van der Waals surface area contributed by atoms with Gasteiger partial charge >= 0.3 is 19.5 Å². The van der Waals surface area contributed by atoms with Gasteiger partial charge in [-0.1, -0.05) is 84.2 Å². The normalized spacial score (nSPS) is 18.7. The van der Waals surface area contributed by atoms with Gasteiger partial charge in [0, 0.05) is 32.3 Å². The van der Waals surface area contributed by atoms with Gasteiger partial charge in [0.05, 0.1) is 18.1 Å². The Kier molecular flexibility index (Phi) is 10.3. The zero-order chi connectivity index (χ0) is 30.5. The third-order valence-electron chi connectivity index (χ3n) is 6.41. The minimum atomic E-state index is -1.49. The number of rotatable bonds is 4. The van der Waals surface area contributed by atoms with Gasteiger partial charge in [-0.2, -0.15) is 0 Å². The summed E-state index contributed by atoms with van der Waals surface area (Å²) in [5.41, 5.74) is 2.02. The summed E-state index contributed by atoms with van der Waals surface area (Å²) in [5, 5.41) is 49.0. The van der Waals surface area contributed by atoms with Crippen LogP contribution in [0, 0.1) is 0 Å². The molecule has 218 valence electrons. The van der Waals surface area contributed by atoms with E-state index in [4.69, 9.17) is 0 Å². The number of aromatic hydroxyl groups is 2. The summed E-state index contributed by atoms with van der Waals surface area (Å²) in [4.78, 5) is 25.5. The van der Waals surface area contributed by atoms with Gasteiger partial charge in [-0.3, -0.25) is 0 Å². The van der Waals surface area contributed by atoms with Crippen molar-refractivity contribution in [2.45, 2.75) is 19.5 Å². The van der Waals surface area contributed by atoms with E-state index in [9.17, 15) is 30.0 Å². The zero-order valence-corrected chi connectivity index (χ0v) is 27.5. The molecular formula is C31H23N3O7S2Zn. The van der Waals surface area contributed by atoms with Crippen molar-refractivity contribution >= 4 is 46.8 Å². The number of carboxylic acid groups (broad SMARTS) is 2. The monoisotopic (exact) mass is 677 g/mol. The van der Waals surface area contributed by atoms with Crippen LogP contribution < -0.4 is 20.8 Å². The Morgan fingerprint density at radius 2 is 1.09 bits per heavy atom. The molecule has 2 aliphatic rings. The van der Waals surface area contributed by atoms with Crippen LogP contribution in [0.1, 0.15) is 11.1 Å². The van der Waals surface area contributed by atoms with Gasteiger partial charge in [0.1, 0.15) is 17.8 Å². The third kappa shape index (κ3) is 6.40. The molecule has 2 aliphatic heterocycles. The number of carbonyl (C=O) groups excluding carboxylic acids is 2. The van der Waals surface area contributed by atoms with Crippen LogP contribution in [0.5, 0.6) is 11.5 Å². The van der Waals surface area contributed by atoms with Crippen LogP contribution in [-0.2, 0) is 38.8 Å². The largest absolute Gasteiger partial charge is 2.00 e. The molecule has 0 bridgehead atoms. The molecule has 0 saturated heterocycles. The molecule has 1 aromatic heterocycles. The fourth-order valence-corrected chi connectivity index (χ4v) is 6.91. The molecule has 44 heavy (non-hydrogen) atoms. The Bertz CT molecular complexity index is 1570. The van der Waals surface area contributed by atoms with Gasteiger partial charge in [0.25, 0.3) is 0 Å². The van der Waals surface area contributed by atoms with Gasteiger partial charge < -0.3 is 45.1 Å². The molecule has 0 amide bonds. The van der Waals surface area contributed by atoms with Crippen molar-refractivity contribution in [3.63, 3.8) is 0 Å². The summed E-state index contributed by atoms with van der Waals surface area (Å²) >= 11 is 2.25. The molecule has 3 heterocycles. The first-order valence-electron chi connectivity index (χ1n) is 12.7. The van der Waals surface area contributed by atoms with Gasteiger partial charge in [0.15, 0.2) is 16.1 Å². The molecule has 0 aliphatic carbocycles. The predicted molar refractivity (Wildman–Crippen MR) is 158 cm³/mol. The Balaban J connectivity index is 0.000000170. The average molecular weight is 679 g/mol. The van der Waals surface area contributed by atoms with Crippen LogP contribution in [0.4, 0.5) is 11.4 Å². The van der Waals surface area contributed by atoms with E-state index < -0.39 is 21.7 Å². The number of oxazole rings is 1. The number of thioether (sulfide) groups is 2. The second kappa shape index (κ2) is 13.9. The van der Waals surface area contributed by atoms with E-state index in [0.29, 0.717) is 0 Å². The van der Waals surface area contributed by atoms with Crippen molar-refractivity contribution in [2.75, 3.05) is 10.6 Å². The molecule has 0 fully saturated rings. The van der Waals surface area contributed by atoms with Crippen LogP contribution >= 0.6 is 23.5 Å². The topological polar surface area (TPSA) is 171 Å². The summed E-state index contributed by atoms with van der Waals surface area (Å²) in [7, 11) is 0. The SMILES string of the molecule is O=C([O-])C1(c2ccccc2O)Nc2ccccc2S1.O=C([O-])C1(c2ccccc2O)Nc2ccccc2S1.[Zn+2].c1cocn1. The molecule has 4 aromatic carbocycles. The molecule has 5 aromatic rings. The summed E-state index contributed by atoms with van der Waals surface area (Å²) < 4.78 is 4.47. The van der Waals surface area contributed by atoms with E-state index in [1.165, 1.54) is 24.8 Å². The molecule has 0 spiro atoms.